The summed E-state index contributed by atoms with van der Waals surface area (Å²) in [5.41, 5.74) is 3.57. The molecule has 1 fully saturated rings. The van der Waals surface area contributed by atoms with Crippen LogP contribution in [0.15, 0.2) is 24.3 Å². The molecule has 1 aliphatic heterocycles. The average Bonchev–Trinajstić information content (AvgIpc) is 2.92. The summed E-state index contributed by atoms with van der Waals surface area (Å²) in [6.45, 7) is 7.09. The van der Waals surface area contributed by atoms with Gasteiger partial charge in [-0.1, -0.05) is 23.8 Å². The van der Waals surface area contributed by atoms with Crippen molar-refractivity contribution in [3.8, 4) is 5.75 Å². The minimum atomic E-state index is 0.336. The highest BCUT2D eigenvalue weighted by Crippen LogP contribution is 2.24. The first-order valence-electron chi connectivity index (χ1n) is 8.58. The van der Waals surface area contributed by atoms with Gasteiger partial charge in [0.2, 0.25) is 0 Å². The highest BCUT2D eigenvalue weighted by molar-refractivity contribution is 5.26. The Morgan fingerprint density at radius 1 is 1.22 bits per heavy atom. The zero-order valence-corrected chi connectivity index (χ0v) is 14.1. The Kier molecular flexibility index (Phi) is 4.96. The van der Waals surface area contributed by atoms with Crippen LogP contribution in [-0.2, 0) is 19.5 Å². The summed E-state index contributed by atoms with van der Waals surface area (Å²) in [6, 6.07) is 8.18. The van der Waals surface area contributed by atoms with Crippen LogP contribution in [0.5, 0.6) is 5.75 Å². The summed E-state index contributed by atoms with van der Waals surface area (Å²) in [6.07, 6.45) is 4.82. The van der Waals surface area contributed by atoms with Crippen molar-refractivity contribution in [1.29, 1.82) is 0 Å². The normalized spacial score (nSPS) is 19.1. The topological polar surface area (TPSA) is 54.2 Å². The molecule has 2 heterocycles. The third kappa shape index (κ3) is 3.72. The zero-order valence-electron chi connectivity index (χ0n) is 14.1. The van der Waals surface area contributed by atoms with E-state index < -0.39 is 0 Å². The number of benzene rings is 1. The number of rotatable bonds is 5. The fourth-order valence-electron chi connectivity index (χ4n) is 3.47. The number of phenolic OH excluding ortho intramolecular Hbond substituents is 1. The van der Waals surface area contributed by atoms with Gasteiger partial charge in [0.15, 0.2) is 0 Å². The van der Waals surface area contributed by atoms with Crippen LogP contribution in [0.25, 0.3) is 0 Å². The van der Waals surface area contributed by atoms with E-state index in [0.29, 0.717) is 11.8 Å². The average molecular weight is 314 g/mol. The molecule has 0 saturated carbocycles. The summed E-state index contributed by atoms with van der Waals surface area (Å²) < 4.78 is 2.02. The molecular formula is C18H26N4O. The van der Waals surface area contributed by atoms with E-state index in [1.165, 1.54) is 30.5 Å². The number of piperidine rings is 1. The molecule has 1 N–H and O–H groups in total. The van der Waals surface area contributed by atoms with Crippen LogP contribution in [0.4, 0.5) is 0 Å². The second-order valence-electron chi connectivity index (χ2n) is 6.43. The van der Waals surface area contributed by atoms with Gasteiger partial charge < -0.3 is 5.11 Å². The van der Waals surface area contributed by atoms with E-state index in [4.69, 9.17) is 0 Å². The molecule has 3 rings (SSSR count). The van der Waals surface area contributed by atoms with Crippen molar-refractivity contribution >= 4 is 0 Å². The number of phenols is 1. The Hall–Kier alpha value is -1.88. The van der Waals surface area contributed by atoms with Crippen molar-refractivity contribution in [2.45, 2.75) is 58.7 Å². The van der Waals surface area contributed by atoms with Crippen molar-refractivity contribution in [3.63, 3.8) is 0 Å². The predicted octanol–water partition coefficient (Wildman–Crippen LogP) is 2.91. The van der Waals surface area contributed by atoms with Gasteiger partial charge in [0, 0.05) is 19.1 Å². The zero-order chi connectivity index (χ0) is 16.2. The first-order chi connectivity index (χ1) is 11.2. The molecule has 1 atom stereocenters. The Balaban J connectivity index is 1.73. The summed E-state index contributed by atoms with van der Waals surface area (Å²) in [5.74, 6) is 0.336. The number of hydrogen-bond acceptors (Lipinski definition) is 4. The van der Waals surface area contributed by atoms with Crippen molar-refractivity contribution < 1.29 is 5.11 Å². The van der Waals surface area contributed by atoms with Gasteiger partial charge in [-0.3, -0.25) is 4.90 Å². The molecule has 2 aromatic rings. The standard InChI is InChI=1S/C18H26N4O/c1-3-22-18(14(2)19-20-22)13-21-11-5-4-6-16(21)12-15-7-9-17(23)10-8-15/h7-10,16,23H,3-6,11-13H2,1-2H3. The number of hydrogen-bond donors (Lipinski definition) is 1. The molecule has 5 heteroatoms. The molecule has 5 nitrogen and oxygen atoms in total. The van der Waals surface area contributed by atoms with Crippen molar-refractivity contribution in [2.24, 2.45) is 0 Å². The van der Waals surface area contributed by atoms with Crippen molar-refractivity contribution in [1.82, 2.24) is 19.9 Å². The Morgan fingerprint density at radius 3 is 2.74 bits per heavy atom. The number of aromatic hydroxyl groups is 1. The van der Waals surface area contributed by atoms with E-state index in [1.807, 2.05) is 23.7 Å². The van der Waals surface area contributed by atoms with Gasteiger partial charge in [-0.05, 0) is 57.4 Å². The summed E-state index contributed by atoms with van der Waals surface area (Å²) in [7, 11) is 0. The quantitative estimate of drug-likeness (QED) is 0.922. The predicted molar refractivity (Wildman–Crippen MR) is 90.3 cm³/mol. The van der Waals surface area contributed by atoms with Crippen LogP contribution in [0.1, 0.15) is 43.1 Å². The third-order valence-electron chi connectivity index (χ3n) is 4.84. The SMILES string of the molecule is CCn1nnc(C)c1CN1CCCCC1Cc1ccc(O)cc1. The van der Waals surface area contributed by atoms with Crippen LogP contribution in [0.2, 0.25) is 0 Å². The fraction of sp³-hybridized carbons (Fsp3) is 0.556. The number of likely N-dealkylation sites (tertiary alicyclic amines) is 1. The van der Waals surface area contributed by atoms with Crippen LogP contribution in [-0.4, -0.2) is 37.6 Å². The molecule has 1 saturated heterocycles. The van der Waals surface area contributed by atoms with E-state index >= 15 is 0 Å². The van der Waals surface area contributed by atoms with Gasteiger partial charge in [-0.25, -0.2) is 4.68 Å². The molecule has 1 aromatic carbocycles. The van der Waals surface area contributed by atoms with E-state index in [1.54, 1.807) is 12.1 Å². The second kappa shape index (κ2) is 7.13. The number of aryl methyl sites for hydroxylation is 2. The molecule has 0 radical (unpaired) electrons. The maximum absolute atomic E-state index is 9.45. The molecule has 124 valence electrons. The van der Waals surface area contributed by atoms with Gasteiger partial charge in [0.05, 0.1) is 11.4 Å². The van der Waals surface area contributed by atoms with E-state index in [0.717, 1.165) is 31.7 Å². The fourth-order valence-corrected chi connectivity index (χ4v) is 3.47. The Bertz CT molecular complexity index is 635. The smallest absolute Gasteiger partial charge is 0.115 e. The Labute approximate surface area is 137 Å². The third-order valence-corrected chi connectivity index (χ3v) is 4.84. The lowest BCUT2D eigenvalue weighted by atomic mass is 9.95. The van der Waals surface area contributed by atoms with Gasteiger partial charge in [-0.2, -0.15) is 0 Å². The molecule has 1 unspecified atom stereocenters. The monoisotopic (exact) mass is 314 g/mol. The number of aromatic nitrogens is 3. The first-order valence-corrected chi connectivity index (χ1v) is 8.58. The molecular weight excluding hydrogens is 288 g/mol. The van der Waals surface area contributed by atoms with Gasteiger partial charge in [-0.15, -0.1) is 5.10 Å². The van der Waals surface area contributed by atoms with Gasteiger partial charge in [0.1, 0.15) is 5.75 Å². The maximum Gasteiger partial charge on any atom is 0.115 e. The Morgan fingerprint density at radius 2 is 2.00 bits per heavy atom. The molecule has 23 heavy (non-hydrogen) atoms. The highest BCUT2D eigenvalue weighted by atomic mass is 16.3. The maximum atomic E-state index is 9.45. The highest BCUT2D eigenvalue weighted by Gasteiger charge is 2.24. The molecule has 1 aliphatic rings. The van der Waals surface area contributed by atoms with Gasteiger partial charge >= 0.3 is 0 Å². The summed E-state index contributed by atoms with van der Waals surface area (Å²) in [5, 5.41) is 17.9. The minimum Gasteiger partial charge on any atom is -0.508 e. The number of nitrogens with zero attached hydrogens (tertiary/aromatic N) is 4. The van der Waals surface area contributed by atoms with E-state index in [9.17, 15) is 5.11 Å². The van der Waals surface area contributed by atoms with Crippen LogP contribution in [0, 0.1) is 6.92 Å². The van der Waals surface area contributed by atoms with Crippen LogP contribution >= 0.6 is 0 Å². The van der Waals surface area contributed by atoms with E-state index in [-0.39, 0.29) is 0 Å². The van der Waals surface area contributed by atoms with Crippen molar-refractivity contribution in [2.75, 3.05) is 6.54 Å². The molecule has 1 aromatic heterocycles. The summed E-state index contributed by atoms with van der Waals surface area (Å²) >= 11 is 0. The molecule has 0 aliphatic carbocycles. The molecule has 0 amide bonds. The van der Waals surface area contributed by atoms with Crippen LogP contribution in [0.3, 0.4) is 0 Å². The minimum absolute atomic E-state index is 0.336. The largest absolute Gasteiger partial charge is 0.508 e. The second-order valence-corrected chi connectivity index (χ2v) is 6.43. The summed E-state index contributed by atoms with van der Waals surface area (Å²) in [4.78, 5) is 2.58. The lowest BCUT2D eigenvalue weighted by Gasteiger charge is -2.36. The first kappa shape index (κ1) is 16.0. The molecule has 0 bridgehead atoms. The van der Waals surface area contributed by atoms with Gasteiger partial charge in [0.25, 0.3) is 0 Å². The molecule has 0 spiro atoms. The lowest BCUT2D eigenvalue weighted by molar-refractivity contribution is 0.135. The van der Waals surface area contributed by atoms with E-state index in [2.05, 4.69) is 22.1 Å². The lowest BCUT2D eigenvalue weighted by Crippen LogP contribution is -2.40. The van der Waals surface area contributed by atoms with Crippen molar-refractivity contribution in [3.05, 3.63) is 41.2 Å². The van der Waals surface area contributed by atoms with Crippen LogP contribution < -0.4 is 0 Å².